The van der Waals surface area contributed by atoms with Crippen LogP contribution in [0.4, 0.5) is 0 Å². The number of rotatable bonds is 2. The highest BCUT2D eigenvalue weighted by molar-refractivity contribution is 5.82. The van der Waals surface area contributed by atoms with Crippen LogP contribution >= 0.6 is 0 Å². The van der Waals surface area contributed by atoms with Crippen LogP contribution in [0.1, 0.15) is 58.8 Å². The maximum absolute atomic E-state index is 12.2. The molecule has 2 fully saturated rings. The van der Waals surface area contributed by atoms with Crippen molar-refractivity contribution in [3.63, 3.8) is 0 Å². The van der Waals surface area contributed by atoms with Gasteiger partial charge in [-0.25, -0.2) is 0 Å². The van der Waals surface area contributed by atoms with Gasteiger partial charge in [0.05, 0.1) is 0 Å². The zero-order valence-electron chi connectivity index (χ0n) is 11.4. The highest BCUT2D eigenvalue weighted by atomic mass is 16.1. The van der Waals surface area contributed by atoms with Crippen molar-refractivity contribution in [2.45, 2.75) is 58.8 Å². The minimum atomic E-state index is 0.387. The standard InChI is InChI=1S/C16H26O/c1-11(2)14-8-9-15(16(17)10-14)13-6-4-12(3)5-7-13/h12-15H,1,4-10H2,2-3H3. The Kier molecular flexibility index (Phi) is 4.06. The smallest absolute Gasteiger partial charge is 0.136 e. The van der Waals surface area contributed by atoms with E-state index in [9.17, 15) is 4.79 Å². The van der Waals surface area contributed by atoms with Crippen molar-refractivity contribution in [3.8, 4) is 0 Å². The van der Waals surface area contributed by atoms with Gasteiger partial charge in [-0.15, -0.1) is 0 Å². The normalized spacial score (nSPS) is 39.1. The molecule has 96 valence electrons. The highest BCUT2D eigenvalue weighted by Gasteiger charge is 2.35. The lowest BCUT2D eigenvalue weighted by Crippen LogP contribution is -2.32. The first-order chi connectivity index (χ1) is 8.08. The van der Waals surface area contributed by atoms with Crippen LogP contribution < -0.4 is 0 Å². The van der Waals surface area contributed by atoms with E-state index in [1.807, 2.05) is 0 Å². The maximum Gasteiger partial charge on any atom is 0.136 e. The zero-order chi connectivity index (χ0) is 12.4. The molecule has 2 rings (SSSR count). The van der Waals surface area contributed by atoms with Crippen molar-refractivity contribution >= 4 is 5.78 Å². The van der Waals surface area contributed by atoms with Gasteiger partial charge >= 0.3 is 0 Å². The summed E-state index contributed by atoms with van der Waals surface area (Å²) in [4.78, 5) is 12.2. The van der Waals surface area contributed by atoms with Gasteiger partial charge in [0.25, 0.3) is 0 Å². The van der Waals surface area contributed by atoms with E-state index in [4.69, 9.17) is 0 Å². The van der Waals surface area contributed by atoms with Crippen molar-refractivity contribution in [3.05, 3.63) is 12.2 Å². The molecule has 0 aromatic carbocycles. The molecule has 0 aromatic heterocycles. The average Bonchev–Trinajstić information content (AvgIpc) is 2.30. The average molecular weight is 234 g/mol. The molecular formula is C16H26O. The van der Waals surface area contributed by atoms with Crippen molar-refractivity contribution in [1.29, 1.82) is 0 Å². The van der Waals surface area contributed by atoms with Crippen LogP contribution in [0, 0.1) is 23.7 Å². The predicted octanol–water partition coefficient (Wildman–Crippen LogP) is 4.37. The SMILES string of the molecule is C=C(C)C1CCC(C2CCC(C)CC2)C(=O)C1. The van der Waals surface area contributed by atoms with Crippen LogP contribution in [-0.2, 0) is 4.79 Å². The lowest BCUT2D eigenvalue weighted by atomic mass is 9.68. The molecule has 2 aliphatic carbocycles. The Balaban J connectivity index is 1.91. The molecule has 0 aliphatic heterocycles. The second kappa shape index (κ2) is 5.37. The van der Waals surface area contributed by atoms with Gasteiger partial charge in [0.15, 0.2) is 0 Å². The third-order valence-electron chi connectivity index (χ3n) is 5.01. The minimum Gasteiger partial charge on any atom is -0.299 e. The van der Waals surface area contributed by atoms with Crippen molar-refractivity contribution in [2.24, 2.45) is 23.7 Å². The maximum atomic E-state index is 12.2. The molecule has 2 unspecified atom stereocenters. The quantitative estimate of drug-likeness (QED) is 0.648. The number of allylic oxidation sites excluding steroid dienone is 1. The van der Waals surface area contributed by atoms with Gasteiger partial charge in [-0.2, -0.15) is 0 Å². The fraction of sp³-hybridized carbons (Fsp3) is 0.812. The van der Waals surface area contributed by atoms with E-state index < -0.39 is 0 Å². The minimum absolute atomic E-state index is 0.387. The van der Waals surface area contributed by atoms with E-state index in [1.165, 1.54) is 37.7 Å². The number of Topliss-reactive ketones (excluding diaryl/α,β-unsaturated/α-hetero) is 1. The van der Waals surface area contributed by atoms with Crippen molar-refractivity contribution in [2.75, 3.05) is 0 Å². The van der Waals surface area contributed by atoms with Gasteiger partial charge in [-0.05, 0) is 50.4 Å². The molecular weight excluding hydrogens is 208 g/mol. The van der Waals surface area contributed by atoms with Crippen LogP contribution in [0.15, 0.2) is 12.2 Å². The summed E-state index contributed by atoms with van der Waals surface area (Å²) in [6, 6.07) is 0. The number of ketones is 1. The summed E-state index contributed by atoms with van der Waals surface area (Å²) in [6.07, 6.45) is 8.32. The van der Waals surface area contributed by atoms with Gasteiger partial charge in [0.2, 0.25) is 0 Å². The summed E-state index contributed by atoms with van der Waals surface area (Å²) >= 11 is 0. The third kappa shape index (κ3) is 3.00. The summed E-state index contributed by atoms with van der Waals surface area (Å²) in [5.74, 6) is 2.97. The highest BCUT2D eigenvalue weighted by Crippen LogP contribution is 2.40. The fourth-order valence-electron chi connectivity index (χ4n) is 3.65. The predicted molar refractivity (Wildman–Crippen MR) is 71.8 cm³/mol. The van der Waals surface area contributed by atoms with Crippen LogP contribution in [0.5, 0.6) is 0 Å². The molecule has 17 heavy (non-hydrogen) atoms. The van der Waals surface area contributed by atoms with E-state index in [0.29, 0.717) is 23.5 Å². The Morgan fingerprint density at radius 1 is 1.12 bits per heavy atom. The molecule has 0 aromatic rings. The van der Waals surface area contributed by atoms with Crippen LogP contribution in [0.25, 0.3) is 0 Å². The summed E-state index contributed by atoms with van der Waals surface area (Å²) in [5.41, 5.74) is 1.20. The van der Waals surface area contributed by atoms with E-state index in [-0.39, 0.29) is 0 Å². The Morgan fingerprint density at radius 3 is 2.29 bits per heavy atom. The van der Waals surface area contributed by atoms with Gasteiger partial charge in [-0.3, -0.25) is 4.79 Å². The number of hydrogen-bond acceptors (Lipinski definition) is 1. The first-order valence-electron chi connectivity index (χ1n) is 7.26. The molecule has 2 aliphatic rings. The monoisotopic (exact) mass is 234 g/mol. The van der Waals surface area contributed by atoms with Gasteiger partial charge in [0, 0.05) is 12.3 Å². The molecule has 2 saturated carbocycles. The molecule has 1 nitrogen and oxygen atoms in total. The molecule has 2 atom stereocenters. The van der Waals surface area contributed by atoms with Crippen molar-refractivity contribution < 1.29 is 4.79 Å². The van der Waals surface area contributed by atoms with Crippen LogP contribution in [0.3, 0.4) is 0 Å². The Hall–Kier alpha value is -0.590. The van der Waals surface area contributed by atoms with E-state index >= 15 is 0 Å². The lowest BCUT2D eigenvalue weighted by molar-refractivity contribution is -0.128. The summed E-state index contributed by atoms with van der Waals surface area (Å²) in [7, 11) is 0. The summed E-state index contributed by atoms with van der Waals surface area (Å²) in [5, 5.41) is 0. The molecule has 0 spiro atoms. The largest absolute Gasteiger partial charge is 0.299 e. The molecule has 0 radical (unpaired) electrons. The number of hydrogen-bond donors (Lipinski definition) is 0. The molecule has 0 N–H and O–H groups in total. The van der Waals surface area contributed by atoms with Gasteiger partial charge < -0.3 is 0 Å². The second-order valence-electron chi connectivity index (χ2n) is 6.42. The third-order valence-corrected chi connectivity index (χ3v) is 5.01. The molecule has 0 heterocycles. The summed E-state index contributed by atoms with van der Waals surface area (Å²) < 4.78 is 0. The van der Waals surface area contributed by atoms with Crippen molar-refractivity contribution in [1.82, 2.24) is 0 Å². The molecule has 0 bridgehead atoms. The topological polar surface area (TPSA) is 17.1 Å². The van der Waals surface area contributed by atoms with Gasteiger partial charge in [0.1, 0.15) is 5.78 Å². The molecule has 1 heteroatoms. The van der Waals surface area contributed by atoms with E-state index in [0.717, 1.165) is 18.8 Å². The number of carbonyl (C=O) groups excluding carboxylic acids is 1. The Labute approximate surface area is 106 Å². The second-order valence-corrected chi connectivity index (χ2v) is 6.42. The lowest BCUT2D eigenvalue weighted by Gasteiger charge is -2.36. The van der Waals surface area contributed by atoms with Gasteiger partial charge in [-0.1, -0.05) is 31.9 Å². The van der Waals surface area contributed by atoms with E-state index in [1.54, 1.807) is 0 Å². The fourth-order valence-corrected chi connectivity index (χ4v) is 3.65. The first kappa shape index (κ1) is 12.9. The molecule has 0 amide bonds. The first-order valence-corrected chi connectivity index (χ1v) is 7.26. The Bertz CT molecular complexity index is 297. The number of carbonyl (C=O) groups is 1. The van der Waals surface area contributed by atoms with Crippen LogP contribution in [-0.4, -0.2) is 5.78 Å². The molecule has 0 saturated heterocycles. The zero-order valence-corrected chi connectivity index (χ0v) is 11.4. The van der Waals surface area contributed by atoms with E-state index in [2.05, 4.69) is 20.4 Å². The summed E-state index contributed by atoms with van der Waals surface area (Å²) in [6.45, 7) is 8.42. The van der Waals surface area contributed by atoms with Crippen LogP contribution in [0.2, 0.25) is 0 Å². The Morgan fingerprint density at radius 2 is 1.76 bits per heavy atom.